The molecule has 0 radical (unpaired) electrons. The topological polar surface area (TPSA) is 60.2 Å². The number of nitro benzene ring substituents is 1. The highest BCUT2D eigenvalue weighted by atomic mass is 127. The van der Waals surface area contributed by atoms with Gasteiger partial charge in [0, 0.05) is 3.57 Å². The predicted octanol–water partition coefficient (Wildman–Crippen LogP) is 3.16. The van der Waals surface area contributed by atoms with Crippen molar-refractivity contribution < 1.29 is 9.72 Å². The van der Waals surface area contributed by atoms with E-state index in [0.717, 1.165) is 3.57 Å². The second-order valence-corrected chi connectivity index (χ2v) is 4.70. The third-order valence-electron chi connectivity index (χ3n) is 1.59. The van der Waals surface area contributed by atoms with Gasteiger partial charge in [-0.15, -0.1) is 0 Å². The Balaban J connectivity index is 3.52. The predicted molar refractivity (Wildman–Crippen MR) is 63.5 cm³/mol. The minimum absolute atomic E-state index is 0.133. The van der Waals surface area contributed by atoms with E-state index in [4.69, 9.17) is 0 Å². The summed E-state index contributed by atoms with van der Waals surface area (Å²) in [6, 6.07) is 3.11. The number of nitro groups is 1. The summed E-state index contributed by atoms with van der Waals surface area (Å²) in [6.45, 7) is 1.31. The van der Waals surface area contributed by atoms with Crippen molar-refractivity contribution in [2.45, 2.75) is 6.92 Å². The lowest BCUT2D eigenvalue weighted by atomic mass is 10.1. The van der Waals surface area contributed by atoms with Crippen LogP contribution in [0.3, 0.4) is 0 Å². The van der Waals surface area contributed by atoms with Gasteiger partial charge in [0.05, 0.1) is 15.0 Å². The maximum atomic E-state index is 11.1. The maximum absolute atomic E-state index is 11.1. The lowest BCUT2D eigenvalue weighted by Crippen LogP contribution is -2.01. The first-order chi connectivity index (χ1) is 6.43. The molecular formula is C8H5BrINO3. The number of hydrogen-bond donors (Lipinski definition) is 0. The summed E-state index contributed by atoms with van der Waals surface area (Å²) >= 11 is 5.07. The number of ketones is 1. The summed E-state index contributed by atoms with van der Waals surface area (Å²) in [5.74, 6) is -0.309. The Kier molecular flexibility index (Phi) is 3.59. The van der Waals surface area contributed by atoms with Crippen molar-refractivity contribution in [1.82, 2.24) is 0 Å². The molecule has 0 bridgehead atoms. The maximum Gasteiger partial charge on any atom is 0.294 e. The molecule has 0 spiro atoms. The van der Waals surface area contributed by atoms with Gasteiger partial charge in [-0.05, 0) is 57.6 Å². The van der Waals surface area contributed by atoms with Crippen LogP contribution in [0.4, 0.5) is 5.69 Å². The summed E-state index contributed by atoms with van der Waals surface area (Å²) < 4.78 is 1.12. The molecule has 1 aromatic rings. The van der Waals surface area contributed by atoms with Crippen LogP contribution in [0.2, 0.25) is 0 Å². The van der Waals surface area contributed by atoms with Crippen molar-refractivity contribution in [2.75, 3.05) is 0 Å². The normalized spacial score (nSPS) is 9.93. The molecule has 0 unspecified atom stereocenters. The van der Waals surface area contributed by atoms with Gasteiger partial charge in [0.15, 0.2) is 5.78 Å². The summed E-state index contributed by atoms with van der Waals surface area (Å²) in [5.41, 5.74) is -0.0355. The van der Waals surface area contributed by atoms with Gasteiger partial charge in [0.2, 0.25) is 0 Å². The second-order valence-electron chi connectivity index (χ2n) is 2.60. The Bertz CT molecular complexity index is 419. The van der Waals surface area contributed by atoms with Crippen LogP contribution in [0.15, 0.2) is 16.6 Å². The van der Waals surface area contributed by atoms with Crippen molar-refractivity contribution in [1.29, 1.82) is 0 Å². The minimum atomic E-state index is -0.559. The molecule has 0 aliphatic rings. The van der Waals surface area contributed by atoms with Gasteiger partial charge in [-0.2, -0.15) is 0 Å². The fourth-order valence-electron chi connectivity index (χ4n) is 1.02. The Morgan fingerprint density at radius 1 is 1.57 bits per heavy atom. The van der Waals surface area contributed by atoms with E-state index < -0.39 is 4.92 Å². The fraction of sp³-hybridized carbons (Fsp3) is 0.125. The summed E-state index contributed by atoms with van der Waals surface area (Å²) in [5, 5.41) is 10.7. The molecule has 74 valence electrons. The lowest BCUT2D eigenvalue weighted by molar-refractivity contribution is -0.385. The number of carbonyl (C=O) groups is 1. The number of hydrogen-bond acceptors (Lipinski definition) is 3. The van der Waals surface area contributed by atoms with E-state index in [-0.39, 0.29) is 17.0 Å². The zero-order valence-corrected chi connectivity index (χ0v) is 10.8. The van der Waals surface area contributed by atoms with Crippen LogP contribution in [0, 0.1) is 13.7 Å². The summed E-state index contributed by atoms with van der Waals surface area (Å²) in [7, 11) is 0. The first-order valence-electron chi connectivity index (χ1n) is 3.58. The molecule has 0 aromatic heterocycles. The first-order valence-corrected chi connectivity index (χ1v) is 5.45. The highest BCUT2D eigenvalue weighted by Gasteiger charge is 2.21. The molecule has 1 rings (SSSR count). The van der Waals surface area contributed by atoms with Crippen molar-refractivity contribution >= 4 is 50.0 Å². The average molecular weight is 370 g/mol. The minimum Gasteiger partial charge on any atom is -0.294 e. The molecule has 0 aliphatic heterocycles. The molecule has 0 atom stereocenters. The molecule has 4 nitrogen and oxygen atoms in total. The highest BCUT2D eigenvalue weighted by Crippen LogP contribution is 2.31. The van der Waals surface area contributed by atoms with Crippen LogP contribution in [-0.4, -0.2) is 10.7 Å². The number of halogens is 2. The van der Waals surface area contributed by atoms with E-state index in [9.17, 15) is 14.9 Å². The van der Waals surface area contributed by atoms with E-state index in [1.807, 2.05) is 22.6 Å². The molecule has 14 heavy (non-hydrogen) atoms. The monoisotopic (exact) mass is 369 g/mol. The zero-order valence-electron chi connectivity index (χ0n) is 7.08. The molecule has 0 saturated heterocycles. The van der Waals surface area contributed by atoms with Crippen molar-refractivity contribution in [3.63, 3.8) is 0 Å². The molecule has 0 saturated carbocycles. The van der Waals surface area contributed by atoms with Crippen LogP contribution in [0.25, 0.3) is 0 Å². The van der Waals surface area contributed by atoms with E-state index in [0.29, 0.717) is 4.47 Å². The Morgan fingerprint density at radius 2 is 2.14 bits per heavy atom. The van der Waals surface area contributed by atoms with Crippen molar-refractivity contribution in [3.8, 4) is 0 Å². The van der Waals surface area contributed by atoms with E-state index in [1.165, 1.54) is 13.0 Å². The number of nitrogens with zero attached hydrogens (tertiary/aromatic N) is 1. The fourth-order valence-corrected chi connectivity index (χ4v) is 2.68. The Morgan fingerprint density at radius 3 is 2.57 bits per heavy atom. The van der Waals surface area contributed by atoms with Gasteiger partial charge < -0.3 is 0 Å². The summed E-state index contributed by atoms with van der Waals surface area (Å²) in [6.07, 6.45) is 0. The van der Waals surface area contributed by atoms with Gasteiger partial charge in [-0.1, -0.05) is 0 Å². The standard InChI is InChI=1S/C8H5BrINO3/c1-4(12)6-2-5(10)3-7(9)8(6)11(13)14/h2-3H,1H3. The molecule has 0 aliphatic carbocycles. The summed E-state index contributed by atoms with van der Waals surface area (Å²) in [4.78, 5) is 21.3. The van der Waals surface area contributed by atoms with Crippen LogP contribution >= 0.6 is 38.5 Å². The molecule has 0 N–H and O–H groups in total. The first kappa shape index (κ1) is 11.6. The van der Waals surface area contributed by atoms with Gasteiger partial charge in [0.1, 0.15) is 0 Å². The average Bonchev–Trinajstić information content (AvgIpc) is 2.01. The number of benzene rings is 1. The molecule has 6 heteroatoms. The Labute approximate surface area is 102 Å². The SMILES string of the molecule is CC(=O)c1cc(I)cc(Br)c1[N+](=O)[O-]. The third-order valence-corrected chi connectivity index (χ3v) is 2.82. The molecule has 1 aromatic carbocycles. The number of carbonyl (C=O) groups excluding carboxylic acids is 1. The van der Waals surface area contributed by atoms with Crippen LogP contribution in [-0.2, 0) is 0 Å². The van der Waals surface area contributed by atoms with Gasteiger partial charge in [-0.25, -0.2) is 0 Å². The lowest BCUT2D eigenvalue weighted by Gasteiger charge is -2.01. The second kappa shape index (κ2) is 4.35. The molecular weight excluding hydrogens is 365 g/mol. The molecule has 0 fully saturated rings. The zero-order chi connectivity index (χ0) is 10.9. The van der Waals surface area contributed by atoms with Crippen LogP contribution in [0.1, 0.15) is 17.3 Å². The van der Waals surface area contributed by atoms with Crippen molar-refractivity contribution in [2.24, 2.45) is 0 Å². The van der Waals surface area contributed by atoms with Crippen molar-refractivity contribution in [3.05, 3.63) is 35.9 Å². The highest BCUT2D eigenvalue weighted by molar-refractivity contribution is 14.1. The number of rotatable bonds is 2. The van der Waals surface area contributed by atoms with E-state index >= 15 is 0 Å². The van der Waals surface area contributed by atoms with E-state index in [2.05, 4.69) is 15.9 Å². The van der Waals surface area contributed by atoms with Gasteiger partial charge in [0.25, 0.3) is 5.69 Å². The molecule has 0 amide bonds. The smallest absolute Gasteiger partial charge is 0.294 e. The quantitative estimate of drug-likeness (QED) is 0.348. The van der Waals surface area contributed by atoms with E-state index in [1.54, 1.807) is 6.07 Å². The molecule has 0 heterocycles. The Hall–Kier alpha value is -0.500. The third kappa shape index (κ3) is 2.30. The van der Waals surface area contributed by atoms with Crippen LogP contribution in [0.5, 0.6) is 0 Å². The largest absolute Gasteiger partial charge is 0.294 e. The van der Waals surface area contributed by atoms with Crippen LogP contribution < -0.4 is 0 Å². The van der Waals surface area contributed by atoms with Gasteiger partial charge in [-0.3, -0.25) is 14.9 Å². The number of Topliss-reactive ketones (excluding diaryl/α,β-unsaturated/α-hetero) is 1. The van der Waals surface area contributed by atoms with Gasteiger partial charge >= 0.3 is 0 Å².